The van der Waals surface area contributed by atoms with Gasteiger partial charge in [0.05, 0.1) is 10.7 Å². The van der Waals surface area contributed by atoms with Gasteiger partial charge in [-0.05, 0) is 65.9 Å². The molecule has 0 aliphatic carbocycles. The smallest absolute Gasteiger partial charge is 0.148 e. The molecule has 0 bridgehead atoms. The fourth-order valence-corrected chi connectivity index (χ4v) is 2.95. The summed E-state index contributed by atoms with van der Waals surface area (Å²) in [6, 6.07) is 14.2. The number of furan rings is 1. The van der Waals surface area contributed by atoms with Gasteiger partial charge in [0.25, 0.3) is 0 Å². The van der Waals surface area contributed by atoms with Gasteiger partial charge in [-0.3, -0.25) is 0 Å². The highest BCUT2D eigenvalue weighted by atomic mass is 127. The van der Waals surface area contributed by atoms with Gasteiger partial charge in [-0.15, -0.1) is 0 Å². The van der Waals surface area contributed by atoms with Gasteiger partial charge in [-0.2, -0.15) is 0 Å². The summed E-state index contributed by atoms with van der Waals surface area (Å²) in [6.45, 7) is 2.09. The van der Waals surface area contributed by atoms with Gasteiger partial charge < -0.3 is 9.15 Å². The van der Waals surface area contributed by atoms with E-state index in [2.05, 4.69) is 41.6 Å². The zero-order valence-electron chi connectivity index (χ0n) is 10.7. The molecule has 3 heteroatoms. The summed E-state index contributed by atoms with van der Waals surface area (Å²) in [5.74, 6) is 1.77. The molecule has 19 heavy (non-hydrogen) atoms. The largest absolute Gasteiger partial charge is 0.497 e. The molecule has 1 heterocycles. The minimum absolute atomic E-state index is 0.853. The highest BCUT2D eigenvalue weighted by molar-refractivity contribution is 14.1. The number of fused-ring (bicyclic) bond motifs is 1. The van der Waals surface area contributed by atoms with Crippen molar-refractivity contribution < 1.29 is 9.15 Å². The third-order valence-corrected chi connectivity index (χ3v) is 4.21. The van der Waals surface area contributed by atoms with Gasteiger partial charge in [0.2, 0.25) is 0 Å². The molecule has 0 N–H and O–H groups in total. The number of aryl methyl sites for hydroxylation is 1. The number of halogens is 1. The summed E-state index contributed by atoms with van der Waals surface area (Å²) in [5, 5.41) is 1.17. The van der Waals surface area contributed by atoms with E-state index in [9.17, 15) is 0 Å². The SMILES string of the molecule is COc1ccc(-c2oc3ccc(C)cc3c2I)cc1. The second kappa shape index (κ2) is 4.89. The molecule has 3 aromatic rings. The first-order valence-electron chi connectivity index (χ1n) is 6.02. The Morgan fingerprint density at radius 2 is 1.79 bits per heavy atom. The van der Waals surface area contributed by atoms with Gasteiger partial charge in [0.15, 0.2) is 0 Å². The van der Waals surface area contributed by atoms with Crippen molar-refractivity contribution in [1.82, 2.24) is 0 Å². The average Bonchev–Trinajstić information content (AvgIpc) is 2.76. The van der Waals surface area contributed by atoms with Crippen molar-refractivity contribution in [3.8, 4) is 17.1 Å². The predicted octanol–water partition coefficient (Wildman–Crippen LogP) is 5.02. The molecule has 0 radical (unpaired) electrons. The molecule has 0 spiro atoms. The Kier molecular flexibility index (Phi) is 3.22. The first kappa shape index (κ1) is 12.5. The van der Waals surface area contributed by atoms with Gasteiger partial charge in [-0.25, -0.2) is 0 Å². The highest BCUT2D eigenvalue weighted by Crippen LogP contribution is 2.35. The van der Waals surface area contributed by atoms with Crippen molar-refractivity contribution in [2.75, 3.05) is 7.11 Å². The van der Waals surface area contributed by atoms with Crippen molar-refractivity contribution in [2.24, 2.45) is 0 Å². The monoisotopic (exact) mass is 364 g/mol. The molecule has 0 atom stereocenters. The molecule has 0 aliphatic heterocycles. The second-order valence-corrected chi connectivity index (χ2v) is 5.55. The molecule has 96 valence electrons. The fraction of sp³-hybridized carbons (Fsp3) is 0.125. The molecule has 0 saturated heterocycles. The Labute approximate surface area is 125 Å². The highest BCUT2D eigenvalue weighted by Gasteiger charge is 2.13. The van der Waals surface area contributed by atoms with Crippen LogP contribution in [-0.2, 0) is 0 Å². The van der Waals surface area contributed by atoms with Gasteiger partial charge >= 0.3 is 0 Å². The van der Waals surface area contributed by atoms with Crippen LogP contribution >= 0.6 is 22.6 Å². The van der Waals surface area contributed by atoms with Crippen molar-refractivity contribution >= 4 is 33.6 Å². The first-order valence-corrected chi connectivity index (χ1v) is 7.10. The van der Waals surface area contributed by atoms with E-state index in [1.165, 1.54) is 10.9 Å². The Balaban J connectivity index is 2.16. The first-order chi connectivity index (χ1) is 9.19. The molecule has 0 unspecified atom stereocenters. The van der Waals surface area contributed by atoms with E-state index in [1.54, 1.807) is 7.11 Å². The Morgan fingerprint density at radius 3 is 2.47 bits per heavy atom. The van der Waals surface area contributed by atoms with E-state index < -0.39 is 0 Å². The van der Waals surface area contributed by atoms with E-state index >= 15 is 0 Å². The minimum Gasteiger partial charge on any atom is -0.497 e. The molecule has 0 fully saturated rings. The molecule has 2 aromatic carbocycles. The molecule has 1 aromatic heterocycles. The van der Waals surface area contributed by atoms with E-state index in [1.807, 2.05) is 30.3 Å². The Hall–Kier alpha value is -1.49. The number of hydrogen-bond donors (Lipinski definition) is 0. The standard InChI is InChI=1S/C16H13IO2/c1-10-3-8-14-13(9-10)15(17)16(19-14)11-4-6-12(18-2)7-5-11/h3-9H,1-2H3. The lowest BCUT2D eigenvalue weighted by molar-refractivity contribution is 0.415. The van der Waals surface area contributed by atoms with Crippen LogP contribution in [0.3, 0.4) is 0 Å². The second-order valence-electron chi connectivity index (χ2n) is 4.47. The maximum atomic E-state index is 5.97. The van der Waals surface area contributed by atoms with E-state index in [4.69, 9.17) is 9.15 Å². The zero-order chi connectivity index (χ0) is 13.4. The quantitative estimate of drug-likeness (QED) is 0.596. The van der Waals surface area contributed by atoms with Crippen LogP contribution in [0.15, 0.2) is 46.9 Å². The maximum absolute atomic E-state index is 5.97. The zero-order valence-corrected chi connectivity index (χ0v) is 12.9. The van der Waals surface area contributed by atoms with Crippen LogP contribution in [0.25, 0.3) is 22.3 Å². The van der Waals surface area contributed by atoms with Crippen molar-refractivity contribution in [2.45, 2.75) is 6.92 Å². The lowest BCUT2D eigenvalue weighted by Crippen LogP contribution is -1.82. The molecule has 0 saturated carbocycles. The molecular formula is C16H13IO2. The normalized spacial score (nSPS) is 10.9. The lowest BCUT2D eigenvalue weighted by atomic mass is 10.1. The van der Waals surface area contributed by atoms with Crippen molar-refractivity contribution in [1.29, 1.82) is 0 Å². The van der Waals surface area contributed by atoms with E-state index in [0.29, 0.717) is 0 Å². The topological polar surface area (TPSA) is 22.4 Å². The summed E-state index contributed by atoms with van der Waals surface area (Å²) in [4.78, 5) is 0. The van der Waals surface area contributed by atoms with Crippen LogP contribution in [0, 0.1) is 10.5 Å². The van der Waals surface area contributed by atoms with Crippen molar-refractivity contribution in [3.05, 3.63) is 51.6 Å². The average molecular weight is 364 g/mol. The molecule has 0 aliphatic rings. The molecule has 2 nitrogen and oxygen atoms in total. The molecule has 3 rings (SSSR count). The Morgan fingerprint density at radius 1 is 1.05 bits per heavy atom. The van der Waals surface area contributed by atoms with Gasteiger partial charge in [0, 0.05) is 10.9 Å². The number of benzene rings is 2. The summed E-state index contributed by atoms with van der Waals surface area (Å²) < 4.78 is 12.3. The summed E-state index contributed by atoms with van der Waals surface area (Å²) in [7, 11) is 1.67. The van der Waals surface area contributed by atoms with Crippen molar-refractivity contribution in [3.63, 3.8) is 0 Å². The lowest BCUT2D eigenvalue weighted by Gasteiger charge is -2.01. The van der Waals surface area contributed by atoms with Gasteiger partial charge in [0.1, 0.15) is 17.1 Å². The number of ether oxygens (including phenoxy) is 1. The Bertz CT molecular complexity index is 726. The molecular weight excluding hydrogens is 351 g/mol. The number of methoxy groups -OCH3 is 1. The third kappa shape index (κ3) is 2.23. The fourth-order valence-electron chi connectivity index (χ4n) is 2.11. The predicted molar refractivity (Wildman–Crippen MR) is 85.7 cm³/mol. The van der Waals surface area contributed by atoms with Crippen LogP contribution in [-0.4, -0.2) is 7.11 Å². The van der Waals surface area contributed by atoms with Gasteiger partial charge in [-0.1, -0.05) is 11.6 Å². The van der Waals surface area contributed by atoms with Crippen LogP contribution in [0.4, 0.5) is 0 Å². The number of rotatable bonds is 2. The summed E-state index contributed by atoms with van der Waals surface area (Å²) in [5.41, 5.74) is 3.24. The van der Waals surface area contributed by atoms with Crippen LogP contribution in [0.5, 0.6) is 5.75 Å². The van der Waals surface area contributed by atoms with Crippen LogP contribution in [0.2, 0.25) is 0 Å². The number of hydrogen-bond acceptors (Lipinski definition) is 2. The summed E-state index contributed by atoms with van der Waals surface area (Å²) in [6.07, 6.45) is 0. The van der Waals surface area contributed by atoms with E-state index in [-0.39, 0.29) is 0 Å². The minimum atomic E-state index is 0.853. The third-order valence-electron chi connectivity index (χ3n) is 3.14. The van der Waals surface area contributed by atoms with Crippen LogP contribution in [0.1, 0.15) is 5.56 Å². The summed E-state index contributed by atoms with van der Waals surface area (Å²) >= 11 is 2.35. The van der Waals surface area contributed by atoms with E-state index in [0.717, 1.165) is 26.2 Å². The maximum Gasteiger partial charge on any atom is 0.148 e. The van der Waals surface area contributed by atoms with Crippen LogP contribution < -0.4 is 4.74 Å². The molecule has 0 amide bonds.